The number of amides is 1. The number of hydrogen-bond acceptors (Lipinski definition) is 2. The maximum atomic E-state index is 13.6. The summed E-state index contributed by atoms with van der Waals surface area (Å²) in [5, 5.41) is 2.83. The SMILES string of the molecule is CCOc1ccccc1C(=O)Nc1cc(Cl)ccc1F. The van der Waals surface area contributed by atoms with Gasteiger partial charge in [-0.15, -0.1) is 0 Å². The highest BCUT2D eigenvalue weighted by atomic mass is 35.5. The molecule has 0 saturated carbocycles. The number of hydrogen-bond donors (Lipinski definition) is 1. The molecule has 0 heterocycles. The van der Waals surface area contributed by atoms with Crippen molar-refractivity contribution in [2.75, 3.05) is 11.9 Å². The Morgan fingerprint density at radius 2 is 2.05 bits per heavy atom. The van der Waals surface area contributed by atoms with Gasteiger partial charge >= 0.3 is 0 Å². The van der Waals surface area contributed by atoms with Crippen molar-refractivity contribution in [1.29, 1.82) is 0 Å². The van der Waals surface area contributed by atoms with Crippen LogP contribution in [-0.4, -0.2) is 12.5 Å². The Hall–Kier alpha value is -2.07. The van der Waals surface area contributed by atoms with Crippen molar-refractivity contribution < 1.29 is 13.9 Å². The first-order valence-electron chi connectivity index (χ1n) is 6.10. The van der Waals surface area contributed by atoms with Gasteiger partial charge in [0.05, 0.1) is 17.9 Å². The summed E-state index contributed by atoms with van der Waals surface area (Å²) in [5.74, 6) is -0.540. The number of nitrogens with one attached hydrogen (secondary N) is 1. The van der Waals surface area contributed by atoms with E-state index in [1.165, 1.54) is 18.2 Å². The Morgan fingerprint density at radius 3 is 2.80 bits per heavy atom. The van der Waals surface area contributed by atoms with Crippen molar-refractivity contribution in [1.82, 2.24) is 0 Å². The number of carbonyl (C=O) groups is 1. The Bertz CT molecular complexity index is 631. The Balaban J connectivity index is 2.26. The van der Waals surface area contributed by atoms with E-state index in [-0.39, 0.29) is 5.69 Å². The average molecular weight is 294 g/mol. The van der Waals surface area contributed by atoms with Crippen molar-refractivity contribution in [3.05, 3.63) is 58.9 Å². The summed E-state index contributed by atoms with van der Waals surface area (Å²) < 4.78 is 19.0. The predicted molar refractivity (Wildman–Crippen MR) is 77.0 cm³/mol. The lowest BCUT2D eigenvalue weighted by Gasteiger charge is -2.11. The fourth-order valence-corrected chi connectivity index (χ4v) is 1.89. The summed E-state index contributed by atoms with van der Waals surface area (Å²) in [5.41, 5.74) is 0.377. The summed E-state index contributed by atoms with van der Waals surface area (Å²) in [6.07, 6.45) is 0. The van der Waals surface area contributed by atoms with Crippen molar-refractivity contribution in [3.63, 3.8) is 0 Å². The second-order valence-electron chi connectivity index (χ2n) is 4.01. The first-order valence-corrected chi connectivity index (χ1v) is 6.48. The van der Waals surface area contributed by atoms with E-state index in [2.05, 4.69) is 5.32 Å². The molecule has 0 aliphatic carbocycles. The molecule has 104 valence electrons. The second kappa shape index (κ2) is 6.39. The molecule has 0 bridgehead atoms. The number of ether oxygens (including phenoxy) is 1. The van der Waals surface area contributed by atoms with Crippen LogP contribution in [0.25, 0.3) is 0 Å². The molecule has 0 radical (unpaired) electrons. The molecule has 0 atom stereocenters. The normalized spacial score (nSPS) is 10.2. The maximum Gasteiger partial charge on any atom is 0.259 e. The van der Waals surface area contributed by atoms with Gasteiger partial charge in [0, 0.05) is 5.02 Å². The van der Waals surface area contributed by atoms with Crippen molar-refractivity contribution in [2.45, 2.75) is 6.92 Å². The molecule has 0 aromatic heterocycles. The molecular formula is C15H13ClFNO2. The van der Waals surface area contributed by atoms with Gasteiger partial charge in [-0.3, -0.25) is 4.79 Å². The predicted octanol–water partition coefficient (Wildman–Crippen LogP) is 4.13. The van der Waals surface area contributed by atoms with Crippen LogP contribution in [0.3, 0.4) is 0 Å². The third-order valence-electron chi connectivity index (χ3n) is 2.61. The van der Waals surface area contributed by atoms with Crippen LogP contribution < -0.4 is 10.1 Å². The number of halogens is 2. The van der Waals surface area contributed by atoms with Crippen LogP contribution in [0.5, 0.6) is 5.75 Å². The van der Waals surface area contributed by atoms with Gasteiger partial charge in [0.2, 0.25) is 0 Å². The molecule has 5 heteroatoms. The van der Waals surface area contributed by atoms with Gasteiger partial charge in [0.15, 0.2) is 0 Å². The fraction of sp³-hybridized carbons (Fsp3) is 0.133. The molecule has 0 aliphatic rings. The van der Waals surface area contributed by atoms with E-state index in [0.29, 0.717) is 22.9 Å². The van der Waals surface area contributed by atoms with Crippen molar-refractivity contribution >= 4 is 23.2 Å². The van der Waals surface area contributed by atoms with Gasteiger partial charge in [0.1, 0.15) is 11.6 Å². The quantitative estimate of drug-likeness (QED) is 0.920. The molecule has 2 rings (SSSR count). The zero-order valence-electron chi connectivity index (χ0n) is 10.8. The lowest BCUT2D eigenvalue weighted by Crippen LogP contribution is -2.14. The van der Waals surface area contributed by atoms with Gasteiger partial charge in [-0.05, 0) is 37.3 Å². The van der Waals surface area contributed by atoms with E-state index < -0.39 is 11.7 Å². The summed E-state index contributed by atoms with van der Waals surface area (Å²) in [6, 6.07) is 10.8. The summed E-state index contributed by atoms with van der Waals surface area (Å²) >= 11 is 5.78. The fourth-order valence-electron chi connectivity index (χ4n) is 1.72. The second-order valence-corrected chi connectivity index (χ2v) is 4.44. The topological polar surface area (TPSA) is 38.3 Å². The Labute approximate surface area is 121 Å². The van der Waals surface area contributed by atoms with Gasteiger partial charge < -0.3 is 10.1 Å². The lowest BCUT2D eigenvalue weighted by atomic mass is 10.2. The summed E-state index contributed by atoms with van der Waals surface area (Å²) in [4.78, 5) is 12.2. The minimum Gasteiger partial charge on any atom is -0.493 e. The molecule has 20 heavy (non-hydrogen) atoms. The average Bonchev–Trinajstić information content (AvgIpc) is 2.44. The molecular weight excluding hydrogens is 281 g/mol. The molecule has 1 N–H and O–H groups in total. The largest absolute Gasteiger partial charge is 0.493 e. The van der Waals surface area contributed by atoms with Crippen LogP contribution in [0.4, 0.5) is 10.1 Å². The number of anilines is 1. The van der Waals surface area contributed by atoms with E-state index in [1.807, 2.05) is 6.92 Å². The van der Waals surface area contributed by atoms with Crippen LogP contribution >= 0.6 is 11.6 Å². The number of carbonyl (C=O) groups excluding carboxylic acids is 1. The summed E-state index contributed by atoms with van der Waals surface area (Å²) in [7, 11) is 0. The van der Waals surface area contributed by atoms with Gasteiger partial charge in [-0.2, -0.15) is 0 Å². The zero-order chi connectivity index (χ0) is 14.5. The van der Waals surface area contributed by atoms with E-state index >= 15 is 0 Å². The van der Waals surface area contributed by atoms with Crippen LogP contribution in [-0.2, 0) is 0 Å². The van der Waals surface area contributed by atoms with E-state index in [0.717, 1.165) is 0 Å². The smallest absolute Gasteiger partial charge is 0.259 e. The highest BCUT2D eigenvalue weighted by Gasteiger charge is 2.14. The Kier molecular flexibility index (Phi) is 4.58. The van der Waals surface area contributed by atoms with E-state index in [9.17, 15) is 9.18 Å². The minimum absolute atomic E-state index is 0.0359. The highest BCUT2D eigenvalue weighted by molar-refractivity contribution is 6.31. The molecule has 0 saturated heterocycles. The standard InChI is InChI=1S/C15H13ClFNO2/c1-2-20-14-6-4-3-5-11(14)15(19)18-13-9-10(16)7-8-12(13)17/h3-9H,2H2,1H3,(H,18,19). The number of rotatable bonds is 4. The molecule has 3 nitrogen and oxygen atoms in total. The lowest BCUT2D eigenvalue weighted by molar-refractivity contribution is 0.102. The molecule has 0 aliphatic heterocycles. The van der Waals surface area contributed by atoms with Gasteiger partial charge in [-0.25, -0.2) is 4.39 Å². The van der Waals surface area contributed by atoms with Crippen molar-refractivity contribution in [2.24, 2.45) is 0 Å². The molecule has 0 fully saturated rings. The van der Waals surface area contributed by atoms with Crippen LogP contribution in [0, 0.1) is 5.82 Å². The van der Waals surface area contributed by atoms with Gasteiger partial charge in [-0.1, -0.05) is 23.7 Å². The number of benzene rings is 2. The monoisotopic (exact) mass is 293 g/mol. The number of para-hydroxylation sites is 1. The van der Waals surface area contributed by atoms with E-state index in [1.54, 1.807) is 24.3 Å². The molecule has 2 aromatic carbocycles. The van der Waals surface area contributed by atoms with E-state index in [4.69, 9.17) is 16.3 Å². The van der Waals surface area contributed by atoms with Crippen LogP contribution in [0.1, 0.15) is 17.3 Å². The first kappa shape index (κ1) is 14.3. The summed E-state index contributed by atoms with van der Waals surface area (Å²) in [6.45, 7) is 2.27. The first-order chi connectivity index (χ1) is 9.61. The van der Waals surface area contributed by atoms with Gasteiger partial charge in [0.25, 0.3) is 5.91 Å². The molecule has 1 amide bonds. The molecule has 2 aromatic rings. The van der Waals surface area contributed by atoms with Crippen LogP contribution in [0.2, 0.25) is 5.02 Å². The third-order valence-corrected chi connectivity index (χ3v) is 2.84. The molecule has 0 unspecified atom stereocenters. The Morgan fingerprint density at radius 1 is 1.30 bits per heavy atom. The van der Waals surface area contributed by atoms with Crippen molar-refractivity contribution in [3.8, 4) is 5.75 Å². The zero-order valence-corrected chi connectivity index (χ0v) is 11.6. The van der Waals surface area contributed by atoms with Crippen LogP contribution in [0.15, 0.2) is 42.5 Å². The minimum atomic E-state index is -0.545. The third kappa shape index (κ3) is 3.27. The maximum absolute atomic E-state index is 13.6. The molecule has 0 spiro atoms. The highest BCUT2D eigenvalue weighted by Crippen LogP contribution is 2.23.